The third-order valence-electron chi connectivity index (χ3n) is 2.12. The van der Waals surface area contributed by atoms with Gasteiger partial charge in [0.15, 0.2) is 5.58 Å². The summed E-state index contributed by atoms with van der Waals surface area (Å²) in [5.41, 5.74) is 3.77. The Balaban J connectivity index is 2.95. The highest BCUT2D eigenvalue weighted by molar-refractivity contribution is 5.78. The van der Waals surface area contributed by atoms with Gasteiger partial charge in [0.25, 0.3) is 0 Å². The molecular formula is C10H8N2O. The number of pyridine rings is 1. The van der Waals surface area contributed by atoms with Crippen LogP contribution in [0, 0.1) is 25.2 Å². The van der Waals surface area contributed by atoms with Crippen molar-refractivity contribution in [3.05, 3.63) is 29.2 Å². The number of nitriles is 1. The normalized spacial score (nSPS) is 10.2. The standard InChI is InChI=1S/C10H8N2O/c1-6-8(5-11)7(2)12-9-3-4-13-10(6)9/h3-4H,1-2H3. The van der Waals surface area contributed by atoms with Gasteiger partial charge in [0.2, 0.25) is 0 Å². The van der Waals surface area contributed by atoms with Crippen LogP contribution in [0.2, 0.25) is 0 Å². The fraction of sp³-hybridized carbons (Fsp3) is 0.200. The summed E-state index contributed by atoms with van der Waals surface area (Å²) in [6.45, 7) is 3.71. The molecule has 0 aromatic carbocycles. The van der Waals surface area contributed by atoms with Crippen LogP contribution >= 0.6 is 0 Å². The molecule has 2 aromatic rings. The van der Waals surface area contributed by atoms with Crippen LogP contribution in [0.1, 0.15) is 16.8 Å². The van der Waals surface area contributed by atoms with Gasteiger partial charge in [0.1, 0.15) is 11.6 Å². The van der Waals surface area contributed by atoms with Crippen molar-refractivity contribution in [2.24, 2.45) is 0 Å². The van der Waals surface area contributed by atoms with E-state index in [1.807, 2.05) is 13.8 Å². The SMILES string of the molecule is Cc1nc2ccoc2c(C)c1C#N. The van der Waals surface area contributed by atoms with E-state index >= 15 is 0 Å². The molecule has 0 aliphatic heterocycles. The van der Waals surface area contributed by atoms with Crippen LogP contribution in [-0.4, -0.2) is 4.98 Å². The predicted molar refractivity (Wildman–Crippen MR) is 48.2 cm³/mol. The Labute approximate surface area is 75.6 Å². The molecule has 13 heavy (non-hydrogen) atoms. The Morgan fingerprint density at radius 3 is 2.92 bits per heavy atom. The molecular weight excluding hydrogens is 164 g/mol. The van der Waals surface area contributed by atoms with Gasteiger partial charge in [-0.3, -0.25) is 0 Å². The molecule has 0 N–H and O–H groups in total. The first-order valence-corrected chi connectivity index (χ1v) is 3.98. The Morgan fingerprint density at radius 2 is 2.23 bits per heavy atom. The number of hydrogen-bond acceptors (Lipinski definition) is 3. The lowest BCUT2D eigenvalue weighted by atomic mass is 10.1. The van der Waals surface area contributed by atoms with Crippen LogP contribution in [0.4, 0.5) is 0 Å². The average Bonchev–Trinajstić information content (AvgIpc) is 2.53. The molecule has 0 saturated carbocycles. The summed E-state index contributed by atoms with van der Waals surface area (Å²) in [6.07, 6.45) is 1.59. The maximum Gasteiger partial charge on any atom is 0.156 e. The van der Waals surface area contributed by atoms with Crippen LogP contribution in [-0.2, 0) is 0 Å². The molecule has 3 heteroatoms. The summed E-state index contributed by atoms with van der Waals surface area (Å²) in [4.78, 5) is 4.25. The quantitative estimate of drug-likeness (QED) is 0.612. The van der Waals surface area contributed by atoms with Crippen LogP contribution in [0.25, 0.3) is 11.1 Å². The largest absolute Gasteiger partial charge is 0.462 e. The van der Waals surface area contributed by atoms with E-state index < -0.39 is 0 Å². The van der Waals surface area contributed by atoms with E-state index in [4.69, 9.17) is 9.68 Å². The first kappa shape index (κ1) is 7.81. The van der Waals surface area contributed by atoms with Crippen molar-refractivity contribution in [1.82, 2.24) is 4.98 Å². The molecule has 0 aliphatic carbocycles. The fourth-order valence-corrected chi connectivity index (χ4v) is 1.46. The minimum Gasteiger partial charge on any atom is -0.462 e. The molecule has 0 spiro atoms. The smallest absolute Gasteiger partial charge is 0.156 e. The van der Waals surface area contributed by atoms with Gasteiger partial charge < -0.3 is 4.42 Å². The van der Waals surface area contributed by atoms with Gasteiger partial charge in [-0.15, -0.1) is 0 Å². The Bertz CT molecular complexity index is 505. The number of aromatic nitrogens is 1. The van der Waals surface area contributed by atoms with Crippen molar-refractivity contribution < 1.29 is 4.42 Å². The minimum absolute atomic E-state index is 0.613. The third-order valence-corrected chi connectivity index (χ3v) is 2.12. The van der Waals surface area contributed by atoms with Crippen molar-refractivity contribution in [3.8, 4) is 6.07 Å². The van der Waals surface area contributed by atoms with E-state index in [-0.39, 0.29) is 0 Å². The Hall–Kier alpha value is -1.82. The molecule has 2 rings (SSSR count). The van der Waals surface area contributed by atoms with E-state index in [1.54, 1.807) is 12.3 Å². The Kier molecular flexibility index (Phi) is 1.56. The van der Waals surface area contributed by atoms with Crippen molar-refractivity contribution >= 4 is 11.1 Å². The van der Waals surface area contributed by atoms with Gasteiger partial charge in [-0.05, 0) is 13.8 Å². The van der Waals surface area contributed by atoms with Gasteiger partial charge in [-0.2, -0.15) is 5.26 Å². The van der Waals surface area contributed by atoms with Crippen molar-refractivity contribution in [3.63, 3.8) is 0 Å². The van der Waals surface area contributed by atoms with Crippen molar-refractivity contribution in [2.45, 2.75) is 13.8 Å². The summed E-state index contributed by atoms with van der Waals surface area (Å²) < 4.78 is 5.23. The summed E-state index contributed by atoms with van der Waals surface area (Å²) >= 11 is 0. The fourth-order valence-electron chi connectivity index (χ4n) is 1.46. The highest BCUT2D eigenvalue weighted by atomic mass is 16.3. The number of furan rings is 1. The minimum atomic E-state index is 0.613. The van der Waals surface area contributed by atoms with Crippen LogP contribution in [0.5, 0.6) is 0 Å². The molecule has 0 radical (unpaired) electrons. The lowest BCUT2D eigenvalue weighted by Crippen LogP contribution is -1.92. The third kappa shape index (κ3) is 0.994. The molecule has 0 saturated heterocycles. The van der Waals surface area contributed by atoms with Gasteiger partial charge in [-0.25, -0.2) is 4.98 Å². The first-order chi connectivity index (χ1) is 6.24. The Morgan fingerprint density at radius 1 is 1.46 bits per heavy atom. The number of fused-ring (bicyclic) bond motifs is 1. The van der Waals surface area contributed by atoms with Crippen LogP contribution < -0.4 is 0 Å². The second kappa shape index (κ2) is 2.60. The van der Waals surface area contributed by atoms with E-state index in [9.17, 15) is 0 Å². The van der Waals surface area contributed by atoms with Crippen molar-refractivity contribution in [2.75, 3.05) is 0 Å². The molecule has 64 valence electrons. The topological polar surface area (TPSA) is 49.8 Å². The zero-order valence-corrected chi connectivity index (χ0v) is 7.46. The second-order valence-corrected chi connectivity index (χ2v) is 2.94. The second-order valence-electron chi connectivity index (χ2n) is 2.94. The van der Waals surface area contributed by atoms with E-state index in [0.717, 1.165) is 16.8 Å². The zero-order valence-electron chi connectivity index (χ0n) is 7.46. The summed E-state index contributed by atoms with van der Waals surface area (Å²) in [7, 11) is 0. The molecule has 2 heterocycles. The van der Waals surface area contributed by atoms with Gasteiger partial charge >= 0.3 is 0 Å². The van der Waals surface area contributed by atoms with Gasteiger partial charge in [0, 0.05) is 11.6 Å². The monoisotopic (exact) mass is 172 g/mol. The summed E-state index contributed by atoms with van der Waals surface area (Å²) in [5.74, 6) is 0. The lowest BCUT2D eigenvalue weighted by Gasteiger charge is -2.00. The number of rotatable bonds is 0. The number of nitrogens with zero attached hydrogens (tertiary/aromatic N) is 2. The molecule has 3 nitrogen and oxygen atoms in total. The lowest BCUT2D eigenvalue weighted by molar-refractivity contribution is 0.612. The van der Waals surface area contributed by atoms with Gasteiger partial charge in [0.05, 0.1) is 17.5 Å². The molecule has 0 unspecified atom stereocenters. The first-order valence-electron chi connectivity index (χ1n) is 3.98. The van der Waals surface area contributed by atoms with Crippen LogP contribution in [0.3, 0.4) is 0 Å². The van der Waals surface area contributed by atoms with E-state index in [2.05, 4.69) is 11.1 Å². The predicted octanol–water partition coefficient (Wildman–Crippen LogP) is 2.32. The molecule has 0 amide bonds. The van der Waals surface area contributed by atoms with E-state index in [0.29, 0.717) is 11.1 Å². The van der Waals surface area contributed by atoms with E-state index in [1.165, 1.54) is 0 Å². The number of aryl methyl sites for hydroxylation is 2. The van der Waals surface area contributed by atoms with Crippen molar-refractivity contribution in [1.29, 1.82) is 5.26 Å². The molecule has 0 aliphatic rings. The maximum absolute atomic E-state index is 8.86. The molecule has 0 fully saturated rings. The maximum atomic E-state index is 8.86. The highest BCUT2D eigenvalue weighted by Crippen LogP contribution is 2.22. The summed E-state index contributed by atoms with van der Waals surface area (Å²) in [5, 5.41) is 8.86. The zero-order chi connectivity index (χ0) is 9.42. The highest BCUT2D eigenvalue weighted by Gasteiger charge is 2.10. The molecule has 0 atom stereocenters. The van der Waals surface area contributed by atoms with Crippen LogP contribution in [0.15, 0.2) is 16.7 Å². The average molecular weight is 172 g/mol. The summed E-state index contributed by atoms with van der Waals surface area (Å²) in [6, 6.07) is 3.93. The number of hydrogen-bond donors (Lipinski definition) is 0. The molecule has 0 bridgehead atoms. The molecule has 2 aromatic heterocycles. The van der Waals surface area contributed by atoms with Gasteiger partial charge in [-0.1, -0.05) is 0 Å².